The van der Waals surface area contributed by atoms with Gasteiger partial charge in [-0.15, -0.1) is 0 Å². The Kier molecular flexibility index (Phi) is 4.20. The Morgan fingerprint density at radius 3 is 2.58 bits per heavy atom. The summed E-state index contributed by atoms with van der Waals surface area (Å²) < 4.78 is 0. The lowest BCUT2D eigenvalue weighted by Crippen LogP contribution is -2.46. The van der Waals surface area contributed by atoms with Crippen molar-refractivity contribution in [2.75, 3.05) is 6.54 Å². The van der Waals surface area contributed by atoms with E-state index in [4.69, 9.17) is 5.73 Å². The molecular formula is C8H18N2O2. The second-order valence-corrected chi connectivity index (χ2v) is 3.36. The lowest BCUT2D eigenvalue weighted by atomic mass is 10.0. The number of amides is 1. The molecule has 0 rings (SSSR count). The van der Waals surface area contributed by atoms with Gasteiger partial charge in [0.1, 0.15) is 0 Å². The zero-order chi connectivity index (χ0) is 9.78. The topological polar surface area (TPSA) is 75.3 Å². The number of nitrogens with one attached hydrogen (secondary N) is 1. The van der Waals surface area contributed by atoms with Gasteiger partial charge in [-0.2, -0.15) is 0 Å². The van der Waals surface area contributed by atoms with Gasteiger partial charge >= 0.3 is 0 Å². The predicted molar refractivity (Wildman–Crippen MR) is 47.6 cm³/mol. The van der Waals surface area contributed by atoms with Crippen molar-refractivity contribution >= 4 is 5.91 Å². The fourth-order valence-corrected chi connectivity index (χ4v) is 0.599. The molecule has 0 aliphatic carbocycles. The molecule has 0 aromatic heterocycles. The van der Waals surface area contributed by atoms with E-state index in [1.807, 2.05) is 6.92 Å². The van der Waals surface area contributed by atoms with E-state index in [1.54, 1.807) is 13.8 Å². The highest BCUT2D eigenvalue weighted by molar-refractivity contribution is 5.79. The third-order valence-electron chi connectivity index (χ3n) is 1.98. The maximum Gasteiger partial charge on any atom is 0.234 e. The van der Waals surface area contributed by atoms with Crippen molar-refractivity contribution in [1.29, 1.82) is 0 Å². The van der Waals surface area contributed by atoms with Crippen LogP contribution in [0.5, 0.6) is 0 Å². The van der Waals surface area contributed by atoms with E-state index in [9.17, 15) is 9.90 Å². The fraction of sp³-hybridized carbons (Fsp3) is 0.875. The standard InChI is InChI=1S/C8H18N2O2/c1-4-8(3,12)5-10-6(2)7(9)11/h6,10,12H,4-5H2,1-3H3,(H2,9,11). The molecule has 0 aliphatic rings. The molecule has 0 radical (unpaired) electrons. The van der Waals surface area contributed by atoms with Gasteiger partial charge in [0.15, 0.2) is 0 Å². The van der Waals surface area contributed by atoms with Crippen molar-refractivity contribution < 1.29 is 9.90 Å². The quantitative estimate of drug-likeness (QED) is 0.531. The molecule has 0 aromatic rings. The summed E-state index contributed by atoms with van der Waals surface area (Å²) in [6, 6.07) is -0.386. The molecule has 0 heterocycles. The number of primary amides is 1. The molecule has 0 spiro atoms. The Hall–Kier alpha value is -0.610. The number of nitrogens with two attached hydrogens (primary N) is 1. The lowest BCUT2D eigenvalue weighted by Gasteiger charge is -2.23. The second kappa shape index (κ2) is 4.42. The van der Waals surface area contributed by atoms with E-state index < -0.39 is 11.5 Å². The van der Waals surface area contributed by atoms with Crippen LogP contribution in [0.25, 0.3) is 0 Å². The Balaban J connectivity index is 3.75. The van der Waals surface area contributed by atoms with Crippen LogP contribution in [0.2, 0.25) is 0 Å². The number of aliphatic hydroxyl groups is 1. The minimum atomic E-state index is -0.760. The van der Waals surface area contributed by atoms with Crippen LogP contribution >= 0.6 is 0 Å². The predicted octanol–water partition coefficient (Wildman–Crippen LogP) is -0.389. The van der Waals surface area contributed by atoms with Crippen LogP contribution in [0.3, 0.4) is 0 Å². The van der Waals surface area contributed by atoms with Crippen LogP contribution in [0.4, 0.5) is 0 Å². The summed E-state index contributed by atoms with van der Waals surface area (Å²) in [6.07, 6.45) is 0.644. The van der Waals surface area contributed by atoms with E-state index in [-0.39, 0.29) is 6.04 Å². The van der Waals surface area contributed by atoms with Crippen LogP contribution in [-0.2, 0) is 4.79 Å². The summed E-state index contributed by atoms with van der Waals surface area (Å²) in [5.74, 6) is -0.401. The molecule has 0 aliphatic heterocycles. The van der Waals surface area contributed by atoms with Gasteiger partial charge in [0.05, 0.1) is 11.6 Å². The number of hydrogen-bond acceptors (Lipinski definition) is 3. The van der Waals surface area contributed by atoms with Gasteiger partial charge in [-0.1, -0.05) is 6.92 Å². The molecule has 2 unspecified atom stereocenters. The number of hydrogen-bond donors (Lipinski definition) is 3. The first-order chi connectivity index (χ1) is 5.39. The average molecular weight is 174 g/mol. The molecule has 0 fully saturated rings. The summed E-state index contributed by atoms with van der Waals surface area (Å²) in [5.41, 5.74) is 4.26. The average Bonchev–Trinajstić information content (AvgIpc) is 2.00. The summed E-state index contributed by atoms with van der Waals surface area (Å²) >= 11 is 0. The van der Waals surface area contributed by atoms with Gasteiger partial charge in [0.25, 0.3) is 0 Å². The van der Waals surface area contributed by atoms with Crippen LogP contribution < -0.4 is 11.1 Å². The minimum absolute atomic E-state index is 0.383. The largest absolute Gasteiger partial charge is 0.389 e. The van der Waals surface area contributed by atoms with Gasteiger partial charge in [-0.3, -0.25) is 4.79 Å². The fourth-order valence-electron chi connectivity index (χ4n) is 0.599. The van der Waals surface area contributed by atoms with E-state index in [1.165, 1.54) is 0 Å². The summed E-state index contributed by atoms with van der Waals surface area (Å²) in [5, 5.41) is 12.4. The van der Waals surface area contributed by atoms with Crippen molar-refractivity contribution in [1.82, 2.24) is 5.32 Å². The van der Waals surface area contributed by atoms with Gasteiger partial charge in [0, 0.05) is 6.54 Å². The first-order valence-electron chi connectivity index (χ1n) is 4.14. The highest BCUT2D eigenvalue weighted by atomic mass is 16.3. The third kappa shape index (κ3) is 4.31. The monoisotopic (exact) mass is 174 g/mol. The molecule has 4 N–H and O–H groups in total. The SMILES string of the molecule is CCC(C)(O)CNC(C)C(N)=O. The molecule has 2 atom stereocenters. The molecule has 4 heteroatoms. The normalized spacial score (nSPS) is 18.3. The van der Waals surface area contributed by atoms with E-state index in [2.05, 4.69) is 5.32 Å². The summed E-state index contributed by atoms with van der Waals surface area (Å²) in [6.45, 7) is 5.66. The first-order valence-corrected chi connectivity index (χ1v) is 4.14. The second-order valence-electron chi connectivity index (χ2n) is 3.36. The van der Waals surface area contributed by atoms with Crippen LogP contribution in [0, 0.1) is 0 Å². The van der Waals surface area contributed by atoms with Crippen molar-refractivity contribution in [2.45, 2.75) is 38.8 Å². The molecule has 12 heavy (non-hydrogen) atoms. The molecule has 1 amide bonds. The van der Waals surface area contributed by atoms with Crippen LogP contribution in [0.1, 0.15) is 27.2 Å². The molecular weight excluding hydrogens is 156 g/mol. The highest BCUT2D eigenvalue weighted by Crippen LogP contribution is 2.05. The van der Waals surface area contributed by atoms with Crippen molar-refractivity contribution in [3.63, 3.8) is 0 Å². The van der Waals surface area contributed by atoms with Crippen LogP contribution in [-0.4, -0.2) is 29.2 Å². The Morgan fingerprint density at radius 1 is 1.75 bits per heavy atom. The molecule has 0 aromatic carbocycles. The first kappa shape index (κ1) is 11.4. The Labute approximate surface area is 73.1 Å². The molecule has 0 bridgehead atoms. The zero-order valence-corrected chi connectivity index (χ0v) is 7.92. The third-order valence-corrected chi connectivity index (χ3v) is 1.98. The number of carbonyl (C=O) groups excluding carboxylic acids is 1. The van der Waals surface area contributed by atoms with Crippen molar-refractivity contribution in [3.05, 3.63) is 0 Å². The smallest absolute Gasteiger partial charge is 0.234 e. The minimum Gasteiger partial charge on any atom is -0.389 e. The maximum atomic E-state index is 10.6. The van der Waals surface area contributed by atoms with Crippen molar-refractivity contribution in [3.8, 4) is 0 Å². The number of rotatable bonds is 5. The van der Waals surface area contributed by atoms with Gasteiger partial charge in [-0.25, -0.2) is 0 Å². The summed E-state index contributed by atoms with van der Waals surface area (Å²) in [7, 11) is 0. The summed E-state index contributed by atoms with van der Waals surface area (Å²) in [4.78, 5) is 10.6. The molecule has 72 valence electrons. The number of carbonyl (C=O) groups is 1. The van der Waals surface area contributed by atoms with Crippen LogP contribution in [0.15, 0.2) is 0 Å². The van der Waals surface area contributed by atoms with Gasteiger partial charge in [-0.05, 0) is 20.3 Å². The van der Waals surface area contributed by atoms with E-state index >= 15 is 0 Å². The van der Waals surface area contributed by atoms with Crippen molar-refractivity contribution in [2.24, 2.45) is 5.73 Å². The lowest BCUT2D eigenvalue weighted by molar-refractivity contribution is -0.119. The Morgan fingerprint density at radius 2 is 2.25 bits per heavy atom. The van der Waals surface area contributed by atoms with E-state index in [0.29, 0.717) is 13.0 Å². The molecule has 0 saturated carbocycles. The van der Waals surface area contributed by atoms with Gasteiger partial charge in [0.2, 0.25) is 5.91 Å². The highest BCUT2D eigenvalue weighted by Gasteiger charge is 2.19. The molecule has 0 saturated heterocycles. The zero-order valence-electron chi connectivity index (χ0n) is 7.92. The van der Waals surface area contributed by atoms with Gasteiger partial charge < -0.3 is 16.2 Å². The van der Waals surface area contributed by atoms with E-state index in [0.717, 1.165) is 0 Å². The maximum absolute atomic E-state index is 10.6. The Bertz CT molecular complexity index is 157. The molecule has 4 nitrogen and oxygen atoms in total.